The van der Waals surface area contributed by atoms with E-state index in [0.29, 0.717) is 24.9 Å². The molecule has 1 amide bonds. The number of carbonyl (C=O) groups excluding carboxylic acids is 1. The van der Waals surface area contributed by atoms with Gasteiger partial charge in [0.25, 0.3) is 0 Å². The van der Waals surface area contributed by atoms with Crippen LogP contribution in [-0.2, 0) is 11.3 Å². The fourth-order valence-corrected chi connectivity index (χ4v) is 4.00. The molecule has 1 aliphatic rings. The number of amides is 1. The van der Waals surface area contributed by atoms with Gasteiger partial charge < -0.3 is 10.2 Å². The molecule has 1 aliphatic carbocycles. The van der Waals surface area contributed by atoms with E-state index in [9.17, 15) is 4.79 Å². The lowest BCUT2D eigenvalue weighted by atomic mass is 9.84. The highest BCUT2D eigenvalue weighted by Gasteiger charge is 2.26. The molecule has 5 heteroatoms. The van der Waals surface area contributed by atoms with Crippen LogP contribution < -0.4 is 5.32 Å². The summed E-state index contributed by atoms with van der Waals surface area (Å²) in [5.74, 6) is 0.716. The Morgan fingerprint density at radius 2 is 2.12 bits per heavy atom. The summed E-state index contributed by atoms with van der Waals surface area (Å²) in [7, 11) is 4.22. The molecule has 2 aromatic rings. The first-order chi connectivity index (χ1) is 12.0. The first kappa shape index (κ1) is 17.9. The molecule has 1 fully saturated rings. The monoisotopic (exact) mass is 342 g/mol. The third kappa shape index (κ3) is 4.40. The molecule has 0 aliphatic heterocycles. The van der Waals surface area contributed by atoms with E-state index in [4.69, 9.17) is 0 Å². The van der Waals surface area contributed by atoms with Crippen molar-refractivity contribution in [2.45, 2.75) is 51.6 Å². The van der Waals surface area contributed by atoms with E-state index in [0.717, 1.165) is 18.5 Å². The zero-order valence-electron chi connectivity index (χ0n) is 15.7. The first-order valence-electron chi connectivity index (χ1n) is 9.40. The molecule has 0 saturated heterocycles. The van der Waals surface area contributed by atoms with Crippen molar-refractivity contribution < 1.29 is 4.79 Å². The molecule has 1 saturated carbocycles. The maximum absolute atomic E-state index is 12.5. The van der Waals surface area contributed by atoms with Gasteiger partial charge in [0.05, 0.1) is 18.3 Å². The van der Waals surface area contributed by atoms with Gasteiger partial charge in [-0.25, -0.2) is 0 Å². The van der Waals surface area contributed by atoms with Crippen LogP contribution in [0.2, 0.25) is 0 Å². The molecule has 25 heavy (non-hydrogen) atoms. The molecule has 2 unspecified atom stereocenters. The average molecular weight is 342 g/mol. The maximum atomic E-state index is 12.5. The maximum Gasteiger partial charge on any atom is 0.222 e. The van der Waals surface area contributed by atoms with E-state index < -0.39 is 0 Å². The summed E-state index contributed by atoms with van der Waals surface area (Å²) in [6, 6.07) is 6.53. The van der Waals surface area contributed by atoms with Gasteiger partial charge in [-0.3, -0.25) is 9.48 Å². The fourth-order valence-electron chi connectivity index (χ4n) is 4.00. The second kappa shape index (κ2) is 8.00. The number of carbonyl (C=O) groups is 1. The molecule has 2 atom stereocenters. The van der Waals surface area contributed by atoms with Crippen molar-refractivity contribution in [1.82, 2.24) is 20.0 Å². The molecule has 0 spiro atoms. The Morgan fingerprint density at radius 3 is 2.92 bits per heavy atom. The molecular formula is C20H30N4O. The zero-order chi connectivity index (χ0) is 17.8. The lowest BCUT2D eigenvalue weighted by Crippen LogP contribution is -2.45. The highest BCUT2D eigenvalue weighted by molar-refractivity contribution is 5.82. The van der Waals surface area contributed by atoms with Crippen molar-refractivity contribution in [3.63, 3.8) is 0 Å². The summed E-state index contributed by atoms with van der Waals surface area (Å²) in [5.41, 5.74) is 2.33. The third-order valence-electron chi connectivity index (χ3n) is 5.31. The van der Waals surface area contributed by atoms with E-state index >= 15 is 0 Å². The molecule has 1 aromatic heterocycles. The summed E-state index contributed by atoms with van der Waals surface area (Å²) >= 11 is 0. The molecule has 1 heterocycles. The van der Waals surface area contributed by atoms with E-state index in [1.54, 1.807) is 0 Å². The minimum atomic E-state index is 0.145. The lowest BCUT2D eigenvalue weighted by Gasteiger charge is -2.34. The number of hydrogen-bond acceptors (Lipinski definition) is 3. The van der Waals surface area contributed by atoms with Gasteiger partial charge >= 0.3 is 0 Å². The van der Waals surface area contributed by atoms with E-state index in [1.165, 1.54) is 30.2 Å². The SMILES string of the molecule is Cc1cccc2c1cnn2CCC(=O)NC1CCCCC1CN(C)C. The normalized spacial score (nSPS) is 21.0. The van der Waals surface area contributed by atoms with Crippen molar-refractivity contribution in [3.05, 3.63) is 30.0 Å². The van der Waals surface area contributed by atoms with Crippen LogP contribution in [0.15, 0.2) is 24.4 Å². The molecule has 5 nitrogen and oxygen atoms in total. The van der Waals surface area contributed by atoms with Crippen molar-refractivity contribution in [1.29, 1.82) is 0 Å². The van der Waals surface area contributed by atoms with Crippen LogP contribution in [0.1, 0.15) is 37.7 Å². The van der Waals surface area contributed by atoms with Gasteiger partial charge in [0, 0.05) is 24.4 Å². The van der Waals surface area contributed by atoms with Crippen LogP contribution in [0.4, 0.5) is 0 Å². The number of benzene rings is 1. The summed E-state index contributed by atoms with van der Waals surface area (Å²) in [4.78, 5) is 14.7. The summed E-state index contributed by atoms with van der Waals surface area (Å²) in [6.45, 7) is 3.77. The van der Waals surface area contributed by atoms with E-state index in [1.807, 2.05) is 16.9 Å². The van der Waals surface area contributed by atoms with Crippen molar-refractivity contribution in [2.75, 3.05) is 20.6 Å². The van der Waals surface area contributed by atoms with Gasteiger partial charge in [0.15, 0.2) is 0 Å². The van der Waals surface area contributed by atoms with Crippen molar-refractivity contribution >= 4 is 16.8 Å². The molecule has 1 N–H and O–H groups in total. The van der Waals surface area contributed by atoms with Crippen LogP contribution >= 0.6 is 0 Å². The van der Waals surface area contributed by atoms with Crippen LogP contribution in [0.3, 0.4) is 0 Å². The number of aryl methyl sites for hydroxylation is 2. The van der Waals surface area contributed by atoms with Gasteiger partial charge in [-0.05, 0) is 51.4 Å². The quantitative estimate of drug-likeness (QED) is 0.878. The Bertz CT molecular complexity index is 722. The van der Waals surface area contributed by atoms with Crippen molar-refractivity contribution in [2.24, 2.45) is 5.92 Å². The Morgan fingerprint density at radius 1 is 1.32 bits per heavy atom. The Balaban J connectivity index is 1.57. The molecular weight excluding hydrogens is 312 g/mol. The van der Waals surface area contributed by atoms with E-state index in [-0.39, 0.29) is 5.91 Å². The first-order valence-corrected chi connectivity index (χ1v) is 9.40. The Kier molecular flexibility index (Phi) is 5.74. The third-order valence-corrected chi connectivity index (χ3v) is 5.31. The summed E-state index contributed by atoms with van der Waals surface area (Å²) in [5, 5.41) is 8.92. The largest absolute Gasteiger partial charge is 0.353 e. The Labute approximate surface area is 150 Å². The number of nitrogens with one attached hydrogen (secondary N) is 1. The van der Waals surface area contributed by atoms with E-state index in [2.05, 4.69) is 48.5 Å². The zero-order valence-corrected chi connectivity index (χ0v) is 15.7. The average Bonchev–Trinajstić information content (AvgIpc) is 2.99. The predicted molar refractivity (Wildman–Crippen MR) is 102 cm³/mol. The van der Waals surface area contributed by atoms with Crippen LogP contribution in [-0.4, -0.2) is 47.3 Å². The van der Waals surface area contributed by atoms with Crippen LogP contribution in [0.5, 0.6) is 0 Å². The standard InChI is InChI=1S/C20H30N4O/c1-15-7-6-10-19-17(15)13-21-24(19)12-11-20(25)22-18-9-5-4-8-16(18)14-23(2)3/h6-7,10,13,16,18H,4-5,8-9,11-12,14H2,1-3H3,(H,22,25). The van der Waals surface area contributed by atoms with Gasteiger partial charge in [-0.2, -0.15) is 5.10 Å². The lowest BCUT2D eigenvalue weighted by molar-refractivity contribution is -0.122. The van der Waals surface area contributed by atoms with Gasteiger partial charge in [-0.1, -0.05) is 25.0 Å². The molecule has 3 rings (SSSR count). The molecule has 0 radical (unpaired) electrons. The van der Waals surface area contributed by atoms with Crippen LogP contribution in [0, 0.1) is 12.8 Å². The number of fused-ring (bicyclic) bond motifs is 1. The topological polar surface area (TPSA) is 50.2 Å². The predicted octanol–water partition coefficient (Wildman–Crippen LogP) is 2.97. The minimum Gasteiger partial charge on any atom is -0.353 e. The molecule has 1 aromatic carbocycles. The molecule has 136 valence electrons. The van der Waals surface area contributed by atoms with Gasteiger partial charge in [-0.15, -0.1) is 0 Å². The second-order valence-corrected chi connectivity index (χ2v) is 7.61. The Hall–Kier alpha value is -1.88. The van der Waals surface area contributed by atoms with Gasteiger partial charge in [0.1, 0.15) is 0 Å². The summed E-state index contributed by atoms with van der Waals surface area (Å²) in [6.07, 6.45) is 7.20. The summed E-state index contributed by atoms with van der Waals surface area (Å²) < 4.78 is 1.94. The van der Waals surface area contributed by atoms with Crippen molar-refractivity contribution in [3.8, 4) is 0 Å². The minimum absolute atomic E-state index is 0.145. The number of aromatic nitrogens is 2. The molecule has 0 bridgehead atoms. The number of nitrogens with zero attached hydrogens (tertiary/aromatic N) is 3. The second-order valence-electron chi connectivity index (χ2n) is 7.61. The number of rotatable bonds is 6. The van der Waals surface area contributed by atoms with Crippen LogP contribution in [0.25, 0.3) is 10.9 Å². The fraction of sp³-hybridized carbons (Fsp3) is 0.600. The highest BCUT2D eigenvalue weighted by Crippen LogP contribution is 2.25. The highest BCUT2D eigenvalue weighted by atomic mass is 16.1. The van der Waals surface area contributed by atoms with Gasteiger partial charge in [0.2, 0.25) is 5.91 Å². The number of hydrogen-bond donors (Lipinski definition) is 1. The smallest absolute Gasteiger partial charge is 0.222 e.